The number of aromatic nitrogens is 1. The number of benzene rings is 2. The van der Waals surface area contributed by atoms with E-state index in [0.29, 0.717) is 12.4 Å². The molecule has 0 aliphatic carbocycles. The summed E-state index contributed by atoms with van der Waals surface area (Å²) < 4.78 is 5.40. The smallest absolute Gasteiger partial charge is 0.213 e. The highest BCUT2D eigenvalue weighted by molar-refractivity contribution is 5.65. The average molecular weight is 304 g/mol. The number of rotatable bonds is 5. The molecule has 1 unspecified atom stereocenters. The first-order valence-electron chi connectivity index (χ1n) is 7.68. The highest BCUT2D eigenvalue weighted by atomic mass is 16.5. The summed E-state index contributed by atoms with van der Waals surface area (Å²) in [6.07, 6.45) is 0. The minimum Gasteiger partial charge on any atom is -0.481 e. The number of pyridine rings is 1. The highest BCUT2D eigenvalue weighted by Gasteiger charge is 2.16. The third-order valence-electron chi connectivity index (χ3n) is 3.93. The van der Waals surface area contributed by atoms with E-state index in [2.05, 4.69) is 35.3 Å². The molecule has 1 aromatic heterocycles. The molecule has 116 valence electrons. The summed E-state index contributed by atoms with van der Waals surface area (Å²) in [7, 11) is 1.64. The minimum absolute atomic E-state index is 0.0498. The predicted molar refractivity (Wildman–Crippen MR) is 93.6 cm³/mol. The number of hydrogen-bond donors (Lipinski definition) is 1. The molecule has 23 heavy (non-hydrogen) atoms. The van der Waals surface area contributed by atoms with E-state index in [1.165, 1.54) is 0 Å². The van der Waals surface area contributed by atoms with Crippen molar-refractivity contribution in [2.75, 3.05) is 13.7 Å². The Kier molecular flexibility index (Phi) is 4.69. The zero-order valence-electron chi connectivity index (χ0n) is 13.1. The summed E-state index contributed by atoms with van der Waals surface area (Å²) in [4.78, 5) is 4.62. The lowest BCUT2D eigenvalue weighted by Gasteiger charge is -2.17. The zero-order valence-corrected chi connectivity index (χ0v) is 13.1. The second-order valence-electron chi connectivity index (χ2n) is 5.39. The van der Waals surface area contributed by atoms with Gasteiger partial charge in [0, 0.05) is 18.5 Å². The molecule has 0 amide bonds. The van der Waals surface area contributed by atoms with Crippen LogP contribution in [-0.2, 0) is 0 Å². The molecule has 3 nitrogen and oxygen atoms in total. The zero-order chi connectivity index (χ0) is 16.1. The molecule has 0 bridgehead atoms. The molecular weight excluding hydrogens is 284 g/mol. The van der Waals surface area contributed by atoms with Gasteiger partial charge in [-0.25, -0.2) is 4.98 Å². The van der Waals surface area contributed by atoms with E-state index < -0.39 is 0 Å². The lowest BCUT2D eigenvalue weighted by molar-refractivity contribution is 0.396. The molecule has 2 N–H and O–H groups in total. The second-order valence-corrected chi connectivity index (χ2v) is 5.39. The third-order valence-corrected chi connectivity index (χ3v) is 3.93. The van der Waals surface area contributed by atoms with Crippen LogP contribution in [0.2, 0.25) is 0 Å². The van der Waals surface area contributed by atoms with Crippen molar-refractivity contribution < 1.29 is 4.74 Å². The molecular formula is C20H20N2O. The van der Waals surface area contributed by atoms with E-state index in [1.54, 1.807) is 7.11 Å². The summed E-state index contributed by atoms with van der Waals surface area (Å²) in [5.74, 6) is 0.657. The van der Waals surface area contributed by atoms with Gasteiger partial charge >= 0.3 is 0 Å². The monoisotopic (exact) mass is 304 g/mol. The first kappa shape index (κ1) is 15.3. The molecule has 0 spiro atoms. The van der Waals surface area contributed by atoms with Crippen LogP contribution in [0, 0.1) is 0 Å². The Morgan fingerprint density at radius 1 is 0.913 bits per heavy atom. The van der Waals surface area contributed by atoms with Gasteiger partial charge in [-0.05, 0) is 22.8 Å². The van der Waals surface area contributed by atoms with Crippen LogP contribution in [0.4, 0.5) is 0 Å². The van der Waals surface area contributed by atoms with Gasteiger partial charge in [-0.15, -0.1) is 0 Å². The minimum atomic E-state index is 0.0498. The predicted octanol–water partition coefficient (Wildman–Crippen LogP) is 3.85. The molecule has 0 aliphatic heterocycles. The molecule has 3 rings (SSSR count). The molecule has 1 atom stereocenters. The van der Waals surface area contributed by atoms with E-state index in [4.69, 9.17) is 10.5 Å². The molecule has 3 aromatic rings. The van der Waals surface area contributed by atoms with E-state index in [9.17, 15) is 0 Å². The van der Waals surface area contributed by atoms with Crippen LogP contribution in [0.25, 0.3) is 11.1 Å². The van der Waals surface area contributed by atoms with Gasteiger partial charge < -0.3 is 10.5 Å². The van der Waals surface area contributed by atoms with Crippen molar-refractivity contribution in [2.24, 2.45) is 5.73 Å². The fraction of sp³-hybridized carbons (Fsp3) is 0.150. The Balaban J connectivity index is 2.08. The number of nitrogens with two attached hydrogens (primary N) is 1. The maximum atomic E-state index is 6.04. The average Bonchev–Trinajstić information content (AvgIpc) is 2.64. The number of hydrogen-bond acceptors (Lipinski definition) is 3. The fourth-order valence-corrected chi connectivity index (χ4v) is 2.72. The fourth-order valence-electron chi connectivity index (χ4n) is 2.72. The van der Waals surface area contributed by atoms with Gasteiger partial charge in [-0.2, -0.15) is 0 Å². The Hall–Kier alpha value is -2.65. The van der Waals surface area contributed by atoms with Crippen molar-refractivity contribution in [3.05, 3.63) is 84.1 Å². The molecule has 0 radical (unpaired) electrons. The maximum absolute atomic E-state index is 6.04. The van der Waals surface area contributed by atoms with Crippen molar-refractivity contribution in [3.8, 4) is 17.0 Å². The Morgan fingerprint density at radius 2 is 1.57 bits per heavy atom. The lowest BCUT2D eigenvalue weighted by atomic mass is 9.93. The quantitative estimate of drug-likeness (QED) is 0.779. The molecule has 0 saturated carbocycles. The van der Waals surface area contributed by atoms with E-state index in [-0.39, 0.29) is 5.92 Å². The van der Waals surface area contributed by atoms with Gasteiger partial charge in [0.1, 0.15) is 0 Å². The topological polar surface area (TPSA) is 48.1 Å². The number of ether oxygens (including phenoxy) is 1. The van der Waals surface area contributed by atoms with Gasteiger partial charge in [0.15, 0.2) is 0 Å². The van der Waals surface area contributed by atoms with Crippen molar-refractivity contribution >= 4 is 0 Å². The summed E-state index contributed by atoms with van der Waals surface area (Å²) in [5, 5.41) is 0. The standard InChI is InChI=1S/C20H20N2O/c1-23-20-13-17(15-8-4-2-5-9-15)12-19(22-20)18(14-21)16-10-6-3-7-11-16/h2-13,18H,14,21H2,1H3. The Bertz CT molecular complexity index is 757. The largest absolute Gasteiger partial charge is 0.481 e. The van der Waals surface area contributed by atoms with Crippen LogP contribution < -0.4 is 10.5 Å². The van der Waals surface area contributed by atoms with Crippen molar-refractivity contribution in [1.82, 2.24) is 4.98 Å². The lowest BCUT2D eigenvalue weighted by Crippen LogP contribution is -2.15. The third kappa shape index (κ3) is 3.41. The van der Waals surface area contributed by atoms with Crippen LogP contribution >= 0.6 is 0 Å². The summed E-state index contributed by atoms with van der Waals surface area (Å²) in [6, 6.07) is 24.5. The summed E-state index contributed by atoms with van der Waals surface area (Å²) in [6.45, 7) is 0.498. The SMILES string of the molecule is COc1cc(-c2ccccc2)cc(C(CN)c2ccccc2)n1. The van der Waals surface area contributed by atoms with E-state index >= 15 is 0 Å². The summed E-state index contributed by atoms with van der Waals surface area (Å²) >= 11 is 0. The second kappa shape index (κ2) is 7.07. The van der Waals surface area contributed by atoms with Gasteiger partial charge in [-0.3, -0.25) is 0 Å². The number of nitrogens with zero attached hydrogens (tertiary/aromatic N) is 1. The van der Waals surface area contributed by atoms with Crippen LogP contribution in [0.5, 0.6) is 5.88 Å². The van der Waals surface area contributed by atoms with E-state index in [0.717, 1.165) is 22.4 Å². The van der Waals surface area contributed by atoms with Crippen LogP contribution in [0.3, 0.4) is 0 Å². The van der Waals surface area contributed by atoms with Gasteiger partial charge in [0.25, 0.3) is 0 Å². The molecule has 3 heteroatoms. The van der Waals surface area contributed by atoms with Crippen LogP contribution in [-0.4, -0.2) is 18.6 Å². The normalized spacial score (nSPS) is 11.9. The Labute approximate surface area is 136 Å². The highest BCUT2D eigenvalue weighted by Crippen LogP contribution is 2.29. The first-order chi connectivity index (χ1) is 11.3. The molecule has 0 aliphatic rings. The van der Waals surface area contributed by atoms with Crippen LogP contribution in [0.15, 0.2) is 72.8 Å². The number of methoxy groups -OCH3 is 1. The molecule has 0 saturated heterocycles. The van der Waals surface area contributed by atoms with Gasteiger partial charge in [0.2, 0.25) is 5.88 Å². The molecule has 2 aromatic carbocycles. The van der Waals surface area contributed by atoms with Crippen molar-refractivity contribution in [3.63, 3.8) is 0 Å². The Morgan fingerprint density at radius 3 is 2.17 bits per heavy atom. The van der Waals surface area contributed by atoms with E-state index in [1.807, 2.05) is 42.5 Å². The van der Waals surface area contributed by atoms with Gasteiger partial charge in [0.05, 0.1) is 12.8 Å². The first-order valence-corrected chi connectivity index (χ1v) is 7.68. The summed E-state index contributed by atoms with van der Waals surface area (Å²) in [5.41, 5.74) is 10.3. The maximum Gasteiger partial charge on any atom is 0.213 e. The van der Waals surface area contributed by atoms with Crippen LogP contribution in [0.1, 0.15) is 17.2 Å². The molecule has 1 heterocycles. The van der Waals surface area contributed by atoms with Crippen molar-refractivity contribution in [1.29, 1.82) is 0 Å². The molecule has 0 fully saturated rings. The van der Waals surface area contributed by atoms with Crippen molar-refractivity contribution in [2.45, 2.75) is 5.92 Å². The van der Waals surface area contributed by atoms with Gasteiger partial charge in [-0.1, -0.05) is 60.7 Å².